The maximum atomic E-state index is 12.5. The van der Waals surface area contributed by atoms with Crippen molar-refractivity contribution in [2.45, 2.75) is 33.1 Å². The Morgan fingerprint density at radius 3 is 1.46 bits per heavy atom. The van der Waals surface area contributed by atoms with E-state index in [2.05, 4.69) is 0 Å². The van der Waals surface area contributed by atoms with E-state index in [1.807, 2.05) is 6.92 Å². The maximum absolute atomic E-state index is 12.5. The first kappa shape index (κ1) is 24.8. The summed E-state index contributed by atoms with van der Waals surface area (Å²) >= 11 is 0. The number of esters is 2. The molecule has 0 unspecified atom stereocenters. The van der Waals surface area contributed by atoms with E-state index in [0.29, 0.717) is 45.7 Å². The molecule has 0 aromatic carbocycles. The third-order valence-corrected chi connectivity index (χ3v) is 3.85. The molecule has 0 heterocycles. The number of rotatable bonds is 17. The zero-order valence-corrected chi connectivity index (χ0v) is 16.5. The van der Waals surface area contributed by atoms with Gasteiger partial charge in [0.05, 0.1) is 39.6 Å². The van der Waals surface area contributed by atoms with Crippen molar-refractivity contribution in [3.05, 3.63) is 0 Å². The summed E-state index contributed by atoms with van der Waals surface area (Å²) in [6.07, 6.45) is 1.34. The summed E-state index contributed by atoms with van der Waals surface area (Å²) in [5.41, 5.74) is -1.28. The van der Waals surface area contributed by atoms with Crippen molar-refractivity contribution in [3.8, 4) is 0 Å². The Morgan fingerprint density at radius 2 is 1.12 bits per heavy atom. The van der Waals surface area contributed by atoms with E-state index in [0.717, 1.165) is 0 Å². The molecule has 0 radical (unpaired) electrons. The SMILES string of the molecule is CCCC(CC)(C(=O)OCCOCCOC)C(=O)OCCOCCOC. The van der Waals surface area contributed by atoms with E-state index < -0.39 is 17.4 Å². The van der Waals surface area contributed by atoms with Crippen LogP contribution >= 0.6 is 0 Å². The molecule has 8 nitrogen and oxygen atoms in total. The third-order valence-electron chi connectivity index (χ3n) is 3.85. The van der Waals surface area contributed by atoms with Crippen LogP contribution in [0.3, 0.4) is 0 Å². The number of methoxy groups -OCH3 is 2. The van der Waals surface area contributed by atoms with Crippen LogP contribution in [0, 0.1) is 5.41 Å². The largest absolute Gasteiger partial charge is 0.462 e. The van der Waals surface area contributed by atoms with Gasteiger partial charge in [0.25, 0.3) is 0 Å². The summed E-state index contributed by atoms with van der Waals surface area (Å²) < 4.78 is 30.8. The lowest BCUT2D eigenvalue weighted by Gasteiger charge is -2.27. The minimum Gasteiger partial charge on any atom is -0.462 e. The predicted molar refractivity (Wildman–Crippen MR) is 94.9 cm³/mol. The topological polar surface area (TPSA) is 89.5 Å². The zero-order chi connectivity index (χ0) is 19.7. The Morgan fingerprint density at radius 1 is 0.692 bits per heavy atom. The summed E-state index contributed by atoms with van der Waals surface area (Å²) in [6, 6.07) is 0. The number of hydrogen-bond donors (Lipinski definition) is 0. The average Bonchev–Trinajstić information content (AvgIpc) is 2.65. The Labute approximate surface area is 156 Å². The van der Waals surface area contributed by atoms with Gasteiger partial charge < -0.3 is 28.4 Å². The van der Waals surface area contributed by atoms with Crippen molar-refractivity contribution in [1.29, 1.82) is 0 Å². The van der Waals surface area contributed by atoms with Crippen LogP contribution in [0.4, 0.5) is 0 Å². The predicted octanol–water partition coefficient (Wildman–Crippen LogP) is 1.60. The second-order valence-electron chi connectivity index (χ2n) is 5.67. The Hall–Kier alpha value is -1.22. The molecule has 0 aliphatic heterocycles. The maximum Gasteiger partial charge on any atom is 0.323 e. The van der Waals surface area contributed by atoms with Crippen LogP contribution < -0.4 is 0 Å². The molecule has 154 valence electrons. The van der Waals surface area contributed by atoms with Gasteiger partial charge in [0.15, 0.2) is 5.41 Å². The first-order chi connectivity index (χ1) is 12.6. The molecule has 0 atom stereocenters. The highest BCUT2D eigenvalue weighted by atomic mass is 16.6. The van der Waals surface area contributed by atoms with Crippen LogP contribution in [0.1, 0.15) is 33.1 Å². The smallest absolute Gasteiger partial charge is 0.323 e. The summed E-state index contributed by atoms with van der Waals surface area (Å²) in [5, 5.41) is 0. The van der Waals surface area contributed by atoms with Gasteiger partial charge in [0, 0.05) is 14.2 Å². The van der Waals surface area contributed by atoms with Crippen LogP contribution in [0.2, 0.25) is 0 Å². The fourth-order valence-electron chi connectivity index (χ4n) is 2.33. The lowest BCUT2D eigenvalue weighted by atomic mass is 9.81. The summed E-state index contributed by atoms with van der Waals surface area (Å²) in [6.45, 7) is 6.16. The molecule has 0 aromatic heterocycles. The van der Waals surface area contributed by atoms with Crippen molar-refractivity contribution in [2.75, 3.05) is 67.1 Å². The van der Waals surface area contributed by atoms with Gasteiger partial charge in [-0.1, -0.05) is 20.3 Å². The van der Waals surface area contributed by atoms with E-state index in [1.165, 1.54) is 0 Å². The molecule has 8 heteroatoms. The number of carbonyl (C=O) groups excluding carboxylic acids is 2. The van der Waals surface area contributed by atoms with Gasteiger partial charge in [-0.25, -0.2) is 0 Å². The van der Waals surface area contributed by atoms with Gasteiger partial charge in [-0.2, -0.15) is 0 Å². The molecule has 0 fully saturated rings. The second kappa shape index (κ2) is 16.0. The first-order valence-electron chi connectivity index (χ1n) is 9.06. The number of hydrogen-bond acceptors (Lipinski definition) is 8. The highest BCUT2D eigenvalue weighted by Crippen LogP contribution is 2.31. The van der Waals surface area contributed by atoms with Crippen molar-refractivity contribution in [1.82, 2.24) is 0 Å². The fourth-order valence-corrected chi connectivity index (χ4v) is 2.33. The molecule has 0 spiro atoms. The van der Waals surface area contributed by atoms with E-state index >= 15 is 0 Å². The molecule has 0 aromatic rings. The number of ether oxygens (including phenoxy) is 6. The quantitative estimate of drug-likeness (QED) is 0.214. The monoisotopic (exact) mass is 378 g/mol. The van der Waals surface area contributed by atoms with Gasteiger partial charge in [0.1, 0.15) is 13.2 Å². The van der Waals surface area contributed by atoms with Crippen LogP contribution in [0.5, 0.6) is 0 Å². The molecular weight excluding hydrogens is 344 g/mol. The normalized spacial score (nSPS) is 11.4. The summed E-state index contributed by atoms with van der Waals surface area (Å²) in [7, 11) is 3.16. The minimum absolute atomic E-state index is 0.0847. The molecule has 0 N–H and O–H groups in total. The van der Waals surface area contributed by atoms with Crippen molar-refractivity contribution < 1.29 is 38.0 Å². The number of carbonyl (C=O) groups is 2. The first-order valence-corrected chi connectivity index (χ1v) is 9.06. The van der Waals surface area contributed by atoms with E-state index in [-0.39, 0.29) is 26.4 Å². The van der Waals surface area contributed by atoms with Crippen LogP contribution in [-0.2, 0) is 38.0 Å². The van der Waals surface area contributed by atoms with E-state index in [9.17, 15) is 9.59 Å². The molecule has 0 amide bonds. The Balaban J connectivity index is 4.46. The molecule has 0 aliphatic carbocycles. The molecule has 0 rings (SSSR count). The minimum atomic E-state index is -1.28. The van der Waals surface area contributed by atoms with Crippen LogP contribution in [-0.4, -0.2) is 79.0 Å². The highest BCUT2D eigenvalue weighted by Gasteiger charge is 2.46. The molecule has 0 aliphatic rings. The average molecular weight is 378 g/mol. The molecule has 0 saturated carbocycles. The van der Waals surface area contributed by atoms with Gasteiger partial charge >= 0.3 is 11.9 Å². The summed E-state index contributed by atoms with van der Waals surface area (Å²) in [4.78, 5) is 25.1. The third kappa shape index (κ3) is 9.47. The molecule has 26 heavy (non-hydrogen) atoms. The lowest BCUT2D eigenvalue weighted by molar-refractivity contribution is -0.175. The molecule has 0 bridgehead atoms. The van der Waals surface area contributed by atoms with E-state index in [1.54, 1.807) is 21.1 Å². The zero-order valence-electron chi connectivity index (χ0n) is 16.5. The molecule has 0 saturated heterocycles. The summed E-state index contributed by atoms with van der Waals surface area (Å²) in [5.74, 6) is -1.13. The highest BCUT2D eigenvalue weighted by molar-refractivity contribution is 6.00. The Bertz CT molecular complexity index is 344. The van der Waals surface area contributed by atoms with Crippen molar-refractivity contribution in [3.63, 3.8) is 0 Å². The van der Waals surface area contributed by atoms with Gasteiger partial charge in [-0.3, -0.25) is 9.59 Å². The van der Waals surface area contributed by atoms with E-state index in [4.69, 9.17) is 28.4 Å². The van der Waals surface area contributed by atoms with Gasteiger partial charge in [-0.05, 0) is 12.8 Å². The fraction of sp³-hybridized carbons (Fsp3) is 0.889. The van der Waals surface area contributed by atoms with Gasteiger partial charge in [-0.15, -0.1) is 0 Å². The molecular formula is C18H34O8. The van der Waals surface area contributed by atoms with Crippen LogP contribution in [0.15, 0.2) is 0 Å². The Kier molecular flexibility index (Phi) is 15.2. The van der Waals surface area contributed by atoms with Crippen molar-refractivity contribution in [2.24, 2.45) is 5.41 Å². The lowest BCUT2D eigenvalue weighted by Crippen LogP contribution is -2.42. The standard InChI is InChI=1S/C18H34O8/c1-5-7-18(6-2,16(19)25-14-12-23-10-8-21-3)17(20)26-15-13-24-11-9-22-4/h5-15H2,1-4H3. The van der Waals surface area contributed by atoms with Crippen molar-refractivity contribution >= 4 is 11.9 Å². The van der Waals surface area contributed by atoms with Gasteiger partial charge in [0.2, 0.25) is 0 Å². The second-order valence-corrected chi connectivity index (χ2v) is 5.67. The van der Waals surface area contributed by atoms with Crippen LogP contribution in [0.25, 0.3) is 0 Å².